The molecule has 2 unspecified atom stereocenters. The van der Waals surface area contributed by atoms with Crippen molar-refractivity contribution in [2.75, 3.05) is 42.2 Å². The van der Waals surface area contributed by atoms with Gasteiger partial charge in [-0.1, -0.05) is 37.3 Å². The maximum absolute atomic E-state index is 13.6. The molecule has 1 aliphatic heterocycles. The lowest BCUT2D eigenvalue weighted by Gasteiger charge is -2.69. The van der Waals surface area contributed by atoms with Gasteiger partial charge in [-0.05, 0) is 110 Å². The van der Waals surface area contributed by atoms with Gasteiger partial charge in [0.05, 0.1) is 24.2 Å². The molecule has 5 heterocycles. The van der Waals surface area contributed by atoms with E-state index in [1.165, 1.54) is 11.3 Å². The second kappa shape index (κ2) is 15.0. The topological polar surface area (TPSA) is 202 Å². The quantitative estimate of drug-likeness (QED) is 0.0709. The van der Waals surface area contributed by atoms with Crippen LogP contribution < -0.4 is 15.5 Å². The molecule has 10 rings (SSSR count). The first-order chi connectivity index (χ1) is 28.5. The number of fused-ring (bicyclic) bond motifs is 2. The van der Waals surface area contributed by atoms with Crippen LogP contribution in [0.2, 0.25) is 0 Å². The minimum atomic E-state index is -4.02. The van der Waals surface area contributed by atoms with Crippen molar-refractivity contribution in [3.8, 4) is 11.1 Å². The Hall–Kier alpha value is -4.81. The molecule has 0 radical (unpaired) electrons. The van der Waals surface area contributed by atoms with Crippen LogP contribution in [0, 0.1) is 23.2 Å². The van der Waals surface area contributed by atoms with E-state index in [0.29, 0.717) is 61.3 Å². The van der Waals surface area contributed by atoms with Crippen LogP contribution in [0.1, 0.15) is 90.0 Å². The van der Waals surface area contributed by atoms with Crippen molar-refractivity contribution < 1.29 is 32.4 Å². The molecule has 316 valence electrons. The average molecular weight is 855 g/mol. The maximum Gasteiger partial charge on any atom is 0.355 e. The summed E-state index contributed by atoms with van der Waals surface area (Å²) in [5.41, 5.74) is 5.10. The summed E-state index contributed by atoms with van der Waals surface area (Å²) in [5, 5.41) is 21.9. The van der Waals surface area contributed by atoms with Crippen molar-refractivity contribution in [1.82, 2.24) is 30.0 Å². The molecular weight excluding hydrogens is 805 g/mol. The molecular formula is C43H50N8O7S2. The molecule has 1 amide bonds. The van der Waals surface area contributed by atoms with Gasteiger partial charge < -0.3 is 20.1 Å². The number of nitrogens with one attached hydrogen (secondary N) is 2. The number of hydrogen-bond donors (Lipinski definition) is 4. The van der Waals surface area contributed by atoms with Crippen molar-refractivity contribution in [2.24, 2.45) is 16.2 Å². The number of aromatic nitrogens is 5. The third-order valence-electron chi connectivity index (χ3n) is 13.1. The normalized spacial score (nSPS) is 25.8. The minimum Gasteiger partial charge on any atom is -0.476 e. The first kappa shape index (κ1) is 40.6. The van der Waals surface area contributed by atoms with Gasteiger partial charge in [-0.2, -0.15) is 13.5 Å². The minimum absolute atomic E-state index is 0.0520. The monoisotopic (exact) mass is 854 g/mol. The van der Waals surface area contributed by atoms with Crippen molar-refractivity contribution in [3.63, 3.8) is 0 Å². The number of carbonyl (C=O) groups excluding carboxylic acids is 1. The molecule has 5 aliphatic rings. The third-order valence-corrected chi connectivity index (χ3v) is 14.7. The van der Waals surface area contributed by atoms with Crippen LogP contribution in [-0.2, 0) is 34.4 Å². The van der Waals surface area contributed by atoms with Crippen molar-refractivity contribution in [3.05, 3.63) is 82.9 Å². The van der Waals surface area contributed by atoms with Gasteiger partial charge in [-0.25, -0.2) is 19.7 Å². The predicted molar refractivity (Wildman–Crippen MR) is 228 cm³/mol. The molecule has 1 aromatic carbocycles. The van der Waals surface area contributed by atoms with E-state index in [1.54, 1.807) is 18.5 Å². The number of rotatable bonds is 14. The highest BCUT2D eigenvalue weighted by atomic mass is 32.2. The van der Waals surface area contributed by atoms with Gasteiger partial charge in [0.2, 0.25) is 0 Å². The summed E-state index contributed by atoms with van der Waals surface area (Å²) in [7, 11) is -4.02. The average Bonchev–Trinajstić information content (AvgIpc) is 3.75. The van der Waals surface area contributed by atoms with E-state index in [-0.39, 0.29) is 45.7 Å². The first-order valence-corrected chi connectivity index (χ1v) is 22.9. The van der Waals surface area contributed by atoms with E-state index in [2.05, 4.69) is 34.4 Å². The van der Waals surface area contributed by atoms with Gasteiger partial charge >= 0.3 is 5.97 Å². The van der Waals surface area contributed by atoms with E-state index in [1.807, 2.05) is 52.9 Å². The number of carboxylic acid groups (broad SMARTS) is 1. The number of pyridine rings is 2. The molecule has 60 heavy (non-hydrogen) atoms. The summed E-state index contributed by atoms with van der Waals surface area (Å²) in [6.45, 7) is 9.55. The molecule has 4 aliphatic carbocycles. The Kier molecular flexibility index (Phi) is 10.1. The fourth-order valence-corrected chi connectivity index (χ4v) is 13.2. The third kappa shape index (κ3) is 7.93. The van der Waals surface area contributed by atoms with Crippen LogP contribution in [-0.4, -0.2) is 92.3 Å². The maximum atomic E-state index is 13.6. The highest BCUT2D eigenvalue weighted by Gasteiger charge is 2.66. The van der Waals surface area contributed by atoms with Crippen molar-refractivity contribution in [1.29, 1.82) is 0 Å². The fraction of sp³-hybridized carbons (Fsp3) is 0.488. The zero-order chi connectivity index (χ0) is 42.1. The zero-order valence-corrected chi connectivity index (χ0v) is 35.7. The Labute approximate surface area is 352 Å². The molecule has 0 saturated heterocycles. The Morgan fingerprint density at radius 1 is 0.967 bits per heavy atom. The van der Waals surface area contributed by atoms with Gasteiger partial charge in [-0.15, -0.1) is 0 Å². The van der Waals surface area contributed by atoms with Gasteiger partial charge in [0, 0.05) is 61.3 Å². The molecule has 4 aromatic heterocycles. The lowest BCUT2D eigenvalue weighted by molar-refractivity contribution is -0.247. The van der Waals surface area contributed by atoms with Crippen LogP contribution in [0.3, 0.4) is 0 Å². The molecule has 4 fully saturated rings. The van der Waals surface area contributed by atoms with E-state index in [9.17, 15) is 23.1 Å². The van der Waals surface area contributed by atoms with Gasteiger partial charge in [0.15, 0.2) is 10.8 Å². The summed E-state index contributed by atoms with van der Waals surface area (Å²) in [6.07, 6.45) is 10.2. The summed E-state index contributed by atoms with van der Waals surface area (Å²) < 4.78 is 40.1. The first-order valence-electron chi connectivity index (χ1n) is 20.5. The van der Waals surface area contributed by atoms with Gasteiger partial charge in [-0.3, -0.25) is 19.3 Å². The molecule has 15 nitrogen and oxygen atoms in total. The SMILES string of the molecule is Cc1c(-c2ccc(N3CCc4cccc(C(=O)Nc5nc6cccnc6s5)c4C3)nc2C(=O)O)cnn1CC12CC3(C)CC(C)(C1)CC(OCCNCCS(=O)(=O)O)(C3)C2. The molecule has 2 atom stereocenters. The van der Waals surface area contributed by atoms with Gasteiger partial charge in [0.1, 0.15) is 16.2 Å². The molecule has 5 aromatic rings. The summed E-state index contributed by atoms with van der Waals surface area (Å²) in [4.78, 5) is 42.9. The number of carbonyl (C=O) groups is 2. The summed E-state index contributed by atoms with van der Waals surface area (Å²) >= 11 is 1.32. The number of ether oxygens (including phenoxy) is 1. The van der Waals surface area contributed by atoms with Crippen LogP contribution in [0.4, 0.5) is 10.9 Å². The van der Waals surface area contributed by atoms with E-state index < -0.39 is 16.1 Å². The second-order valence-electron chi connectivity index (χ2n) is 18.3. The smallest absolute Gasteiger partial charge is 0.355 e. The standard InChI is InChI=1S/C43H50N8O7S2/c1-27-31(18-46-51(27)26-42-21-40(2)20-41(3,22-42)24-43(23-40,25-42)58-16-13-44-14-17-60(55,56)57)29-9-10-34(48-35(29)38(53)54)50-15-11-28-6-4-7-30(32(28)19-50)36(52)49-39-47-33-8-5-12-45-37(33)59-39/h4-10,12,18,44H,11,13-17,19-26H2,1-3H3,(H,53,54)(H,47,49,52)(H,55,56,57). The van der Waals surface area contributed by atoms with Crippen LogP contribution in [0.15, 0.2) is 54.9 Å². The number of aromatic carboxylic acids is 1. The van der Waals surface area contributed by atoms with E-state index in [4.69, 9.17) is 19.4 Å². The number of thiazole rings is 1. The Morgan fingerprint density at radius 2 is 1.77 bits per heavy atom. The Morgan fingerprint density at radius 3 is 2.52 bits per heavy atom. The van der Waals surface area contributed by atoms with Crippen molar-refractivity contribution >= 4 is 54.6 Å². The van der Waals surface area contributed by atoms with Crippen LogP contribution in [0.5, 0.6) is 0 Å². The number of amides is 1. The zero-order valence-electron chi connectivity index (χ0n) is 34.0. The highest BCUT2D eigenvalue weighted by Crippen LogP contribution is 2.72. The number of hydrogen-bond acceptors (Lipinski definition) is 12. The van der Waals surface area contributed by atoms with Gasteiger partial charge in [0.25, 0.3) is 16.0 Å². The molecule has 4 N–H and O–H groups in total. The number of anilines is 2. The number of benzene rings is 1. The largest absolute Gasteiger partial charge is 0.476 e. The highest BCUT2D eigenvalue weighted by molar-refractivity contribution is 7.85. The number of nitrogens with zero attached hydrogens (tertiary/aromatic N) is 6. The summed E-state index contributed by atoms with van der Waals surface area (Å²) in [6, 6.07) is 13.1. The molecule has 0 spiro atoms. The van der Waals surface area contributed by atoms with Crippen LogP contribution in [0.25, 0.3) is 21.5 Å². The lowest BCUT2D eigenvalue weighted by atomic mass is 9.39. The van der Waals surface area contributed by atoms with Crippen LogP contribution >= 0.6 is 11.3 Å². The molecule has 4 saturated carbocycles. The van der Waals surface area contributed by atoms with E-state index in [0.717, 1.165) is 71.3 Å². The number of carboxylic acids is 1. The van der Waals surface area contributed by atoms with E-state index >= 15 is 0 Å². The summed E-state index contributed by atoms with van der Waals surface area (Å²) in [5.74, 6) is -1.21. The lowest BCUT2D eigenvalue weighted by Crippen LogP contribution is -2.64. The fourth-order valence-electron chi connectivity index (χ4n) is 12.0. The Bertz CT molecular complexity index is 2570. The second-order valence-corrected chi connectivity index (χ2v) is 20.9. The Balaban J connectivity index is 0.924. The molecule has 4 bridgehead atoms. The molecule has 17 heteroatoms. The predicted octanol–water partition coefficient (Wildman–Crippen LogP) is 6.38. The van der Waals surface area contributed by atoms with Crippen molar-refractivity contribution in [2.45, 2.75) is 84.4 Å².